The van der Waals surface area contributed by atoms with Crippen LogP contribution < -0.4 is 5.73 Å². The Morgan fingerprint density at radius 2 is 1.76 bits per heavy atom. The van der Waals surface area contributed by atoms with E-state index in [2.05, 4.69) is 10.3 Å². The number of β-lactam (4-membered cyclic amide) rings is 1. The third kappa shape index (κ3) is 3.94. The molecule has 3 heterocycles. The number of amides is 2. The van der Waals surface area contributed by atoms with Crippen LogP contribution in [0.2, 0.25) is 0 Å². The molecule has 2 amide bonds. The van der Waals surface area contributed by atoms with Gasteiger partial charge in [-0.1, -0.05) is 65.9 Å². The molecular formula is C24H23N5O4S. The molecule has 0 unspecified atom stereocenters. The fraction of sp³-hybridized carbons (Fsp3) is 0.292. The third-order valence-electron chi connectivity index (χ3n) is 6.14. The van der Waals surface area contributed by atoms with Gasteiger partial charge in [0.25, 0.3) is 5.91 Å². The average Bonchev–Trinajstić information content (AvgIpc) is 3.38. The van der Waals surface area contributed by atoms with E-state index in [4.69, 9.17) is 10.5 Å². The third-order valence-corrected chi connectivity index (χ3v) is 7.69. The first-order valence-electron chi connectivity index (χ1n) is 10.8. The number of hydrogen-bond donors (Lipinski definition) is 1. The molecule has 3 aromatic rings. The van der Waals surface area contributed by atoms with Gasteiger partial charge in [-0.25, -0.2) is 4.79 Å². The Kier molecular flexibility index (Phi) is 5.60. The number of ether oxygens (including phenoxy) is 1. The summed E-state index contributed by atoms with van der Waals surface area (Å²) in [5.41, 5.74) is 7.01. The summed E-state index contributed by atoms with van der Waals surface area (Å²) in [6.45, 7) is 2.15. The van der Waals surface area contributed by atoms with Crippen molar-refractivity contribution in [3.63, 3.8) is 0 Å². The van der Waals surface area contributed by atoms with Crippen LogP contribution in [0.3, 0.4) is 0 Å². The van der Waals surface area contributed by atoms with Crippen molar-refractivity contribution in [2.75, 3.05) is 0 Å². The SMILES string of the molecule is C[C@@]1(Cn2cc(C(N)=O)nn2)S[C@@H]2CC(=O)N2[C@H]1C(=O)OC(c1ccccc1)c1ccccc1. The van der Waals surface area contributed by atoms with Crippen molar-refractivity contribution >= 4 is 29.5 Å². The lowest BCUT2D eigenvalue weighted by Gasteiger charge is -2.38. The standard InChI is InChI=1S/C24H23N5O4S/c1-24(14-28-13-17(22(25)31)26-27-28)21(29-18(30)12-19(29)34-24)23(32)33-20(15-8-4-2-5-9-15)16-10-6-3-7-11-16/h2-11,13,19-21H,12,14H2,1H3,(H2,25,31)/t19-,21+,24+/m1/s1. The quantitative estimate of drug-likeness (QED) is 0.409. The Morgan fingerprint density at radius 3 is 2.29 bits per heavy atom. The number of hydrogen-bond acceptors (Lipinski definition) is 7. The van der Waals surface area contributed by atoms with E-state index in [0.29, 0.717) is 6.42 Å². The summed E-state index contributed by atoms with van der Waals surface area (Å²) >= 11 is 1.53. The normalized spacial score (nSPS) is 23.5. The number of carbonyl (C=O) groups excluding carboxylic acids is 3. The van der Waals surface area contributed by atoms with E-state index >= 15 is 0 Å². The molecular weight excluding hydrogens is 454 g/mol. The molecule has 174 valence electrons. The molecule has 9 nitrogen and oxygen atoms in total. The number of benzene rings is 2. The predicted octanol–water partition coefficient (Wildman–Crippen LogP) is 2.14. The number of carbonyl (C=O) groups is 3. The maximum absolute atomic E-state index is 13.7. The van der Waals surface area contributed by atoms with E-state index in [1.54, 1.807) is 4.90 Å². The molecule has 2 aromatic carbocycles. The molecule has 2 aliphatic rings. The summed E-state index contributed by atoms with van der Waals surface area (Å²) in [4.78, 5) is 39.2. The second kappa shape index (κ2) is 8.60. The molecule has 0 aliphatic carbocycles. The topological polar surface area (TPSA) is 120 Å². The summed E-state index contributed by atoms with van der Waals surface area (Å²) in [5.74, 6) is -1.26. The molecule has 10 heteroatoms. The molecule has 2 fully saturated rings. The summed E-state index contributed by atoms with van der Waals surface area (Å²) < 4.78 is 6.86. The van der Waals surface area contributed by atoms with Gasteiger partial charge in [0.2, 0.25) is 5.91 Å². The first kappa shape index (κ1) is 22.1. The molecule has 0 saturated carbocycles. The van der Waals surface area contributed by atoms with E-state index in [1.165, 1.54) is 22.6 Å². The van der Waals surface area contributed by atoms with Crippen molar-refractivity contribution in [1.82, 2.24) is 19.9 Å². The van der Waals surface area contributed by atoms with E-state index < -0.39 is 28.8 Å². The van der Waals surface area contributed by atoms with Crippen LogP contribution in [-0.4, -0.2) is 53.8 Å². The van der Waals surface area contributed by atoms with Crippen molar-refractivity contribution in [1.29, 1.82) is 0 Å². The minimum atomic E-state index is -0.820. The Bertz CT molecular complexity index is 1190. The second-order valence-electron chi connectivity index (χ2n) is 8.60. The smallest absolute Gasteiger partial charge is 0.331 e. The molecule has 0 radical (unpaired) electrons. The van der Waals surface area contributed by atoms with Crippen molar-refractivity contribution < 1.29 is 19.1 Å². The minimum absolute atomic E-state index is 0.0401. The van der Waals surface area contributed by atoms with Gasteiger partial charge < -0.3 is 15.4 Å². The highest BCUT2D eigenvalue weighted by molar-refractivity contribution is 8.01. The Hall–Kier alpha value is -3.66. The number of aromatic nitrogens is 3. The van der Waals surface area contributed by atoms with Gasteiger partial charge in [0, 0.05) is 0 Å². The predicted molar refractivity (Wildman–Crippen MR) is 124 cm³/mol. The van der Waals surface area contributed by atoms with Crippen LogP contribution in [0.25, 0.3) is 0 Å². The van der Waals surface area contributed by atoms with Gasteiger partial charge in [-0.05, 0) is 18.1 Å². The van der Waals surface area contributed by atoms with Gasteiger partial charge in [-0.2, -0.15) is 0 Å². The van der Waals surface area contributed by atoms with Crippen molar-refractivity contribution in [3.8, 4) is 0 Å². The second-order valence-corrected chi connectivity index (χ2v) is 10.3. The molecule has 2 N–H and O–H groups in total. The average molecular weight is 478 g/mol. The van der Waals surface area contributed by atoms with Crippen molar-refractivity contribution in [2.45, 2.75) is 42.2 Å². The fourth-order valence-corrected chi connectivity index (χ4v) is 6.29. The number of esters is 1. The zero-order valence-corrected chi connectivity index (χ0v) is 19.2. The number of fused-ring (bicyclic) bond motifs is 1. The van der Waals surface area contributed by atoms with Gasteiger partial charge >= 0.3 is 5.97 Å². The highest BCUT2D eigenvalue weighted by Gasteiger charge is 2.61. The highest BCUT2D eigenvalue weighted by atomic mass is 32.2. The van der Waals surface area contributed by atoms with Crippen LogP contribution in [0.15, 0.2) is 66.9 Å². The van der Waals surface area contributed by atoms with E-state index in [9.17, 15) is 14.4 Å². The van der Waals surface area contributed by atoms with E-state index in [0.717, 1.165) is 11.1 Å². The zero-order chi connectivity index (χ0) is 23.9. The van der Waals surface area contributed by atoms with E-state index in [-0.39, 0.29) is 23.5 Å². The lowest BCUT2D eigenvalue weighted by molar-refractivity contribution is -0.164. The monoisotopic (exact) mass is 477 g/mol. The van der Waals surface area contributed by atoms with E-state index in [1.807, 2.05) is 67.6 Å². The lowest BCUT2D eigenvalue weighted by atomic mass is 9.95. The van der Waals surface area contributed by atoms with Gasteiger partial charge in [0.1, 0.15) is 6.04 Å². The maximum Gasteiger partial charge on any atom is 0.331 e. The Balaban J connectivity index is 1.45. The highest BCUT2D eigenvalue weighted by Crippen LogP contribution is 2.52. The number of nitrogens with two attached hydrogens (primary N) is 1. The summed E-state index contributed by atoms with van der Waals surface area (Å²) in [5, 5.41) is 7.66. The molecule has 0 bridgehead atoms. The molecule has 2 aliphatic heterocycles. The van der Waals surface area contributed by atoms with Gasteiger partial charge in [-0.3, -0.25) is 14.3 Å². The maximum atomic E-state index is 13.7. The van der Waals surface area contributed by atoms with Gasteiger partial charge in [0.15, 0.2) is 11.8 Å². The summed E-state index contributed by atoms with van der Waals surface area (Å²) in [7, 11) is 0. The Labute approximate surface area is 200 Å². The zero-order valence-electron chi connectivity index (χ0n) is 18.4. The lowest BCUT2D eigenvalue weighted by Crippen LogP contribution is -2.58. The van der Waals surface area contributed by atoms with Crippen LogP contribution in [-0.2, 0) is 20.9 Å². The first-order valence-corrected chi connectivity index (χ1v) is 11.7. The molecule has 34 heavy (non-hydrogen) atoms. The van der Waals surface area contributed by atoms with Crippen LogP contribution >= 0.6 is 11.8 Å². The summed E-state index contributed by atoms with van der Waals surface area (Å²) in [6.07, 6.45) is 1.20. The van der Waals surface area contributed by atoms with Crippen LogP contribution in [0.4, 0.5) is 0 Å². The number of rotatable bonds is 7. The molecule has 0 spiro atoms. The molecule has 5 rings (SSSR count). The Morgan fingerprint density at radius 1 is 1.15 bits per heavy atom. The van der Waals surface area contributed by atoms with Gasteiger partial charge in [0.05, 0.1) is 29.3 Å². The minimum Gasteiger partial charge on any atom is -0.451 e. The number of thioether (sulfide) groups is 1. The van der Waals surface area contributed by atoms with Crippen LogP contribution in [0.5, 0.6) is 0 Å². The van der Waals surface area contributed by atoms with Crippen molar-refractivity contribution in [2.24, 2.45) is 5.73 Å². The molecule has 3 atom stereocenters. The van der Waals surface area contributed by atoms with Crippen LogP contribution in [0, 0.1) is 0 Å². The fourth-order valence-electron chi connectivity index (χ4n) is 4.54. The largest absolute Gasteiger partial charge is 0.451 e. The van der Waals surface area contributed by atoms with Gasteiger partial charge in [-0.15, -0.1) is 16.9 Å². The number of primary amides is 1. The van der Waals surface area contributed by atoms with Crippen molar-refractivity contribution in [3.05, 3.63) is 83.7 Å². The number of nitrogens with zero attached hydrogens (tertiary/aromatic N) is 4. The molecule has 2 saturated heterocycles. The van der Waals surface area contributed by atoms with Crippen LogP contribution in [0.1, 0.15) is 41.1 Å². The summed E-state index contributed by atoms with van der Waals surface area (Å²) in [6, 6.07) is 18.2. The molecule has 1 aromatic heterocycles. The first-order chi connectivity index (χ1) is 16.4.